The second-order valence-corrected chi connectivity index (χ2v) is 11.4. The van der Waals surface area contributed by atoms with E-state index in [0.29, 0.717) is 30.2 Å². The second-order valence-electron chi connectivity index (χ2n) is 9.45. The lowest BCUT2D eigenvalue weighted by molar-refractivity contribution is 0.220. The molecule has 1 aliphatic heterocycles. The molecule has 31 heavy (non-hydrogen) atoms. The van der Waals surface area contributed by atoms with Gasteiger partial charge in [0.25, 0.3) is 0 Å². The highest BCUT2D eigenvalue weighted by atomic mass is 32.2. The van der Waals surface area contributed by atoms with E-state index in [4.69, 9.17) is 9.26 Å². The van der Waals surface area contributed by atoms with Gasteiger partial charge in [-0.3, -0.25) is 0 Å². The Labute approximate surface area is 183 Å². The van der Waals surface area contributed by atoms with E-state index in [1.807, 2.05) is 0 Å². The number of rotatable bonds is 7. The van der Waals surface area contributed by atoms with Gasteiger partial charge in [-0.15, -0.1) is 0 Å². The Bertz CT molecular complexity index is 992. The fourth-order valence-electron chi connectivity index (χ4n) is 3.78. The third-order valence-corrected chi connectivity index (χ3v) is 6.98. The number of hydrogen-bond donors (Lipinski definition) is 0. The minimum Gasteiger partial charge on any atom is -0.493 e. The zero-order valence-electron chi connectivity index (χ0n) is 18.9. The molecule has 172 valence electrons. The van der Waals surface area contributed by atoms with Gasteiger partial charge in [0, 0.05) is 30.8 Å². The SMILES string of the molecule is C[C@H](CCOc1ccc(S(C)(=O)=O)c(F)c1)C1CCN(c2nc(C(C)(C)C)no2)CC1. The van der Waals surface area contributed by atoms with Crippen LogP contribution in [0.2, 0.25) is 0 Å². The molecule has 1 aromatic carbocycles. The Morgan fingerprint density at radius 3 is 2.52 bits per heavy atom. The van der Waals surface area contributed by atoms with Crippen LogP contribution in [0.3, 0.4) is 0 Å². The van der Waals surface area contributed by atoms with Crippen molar-refractivity contribution in [3.8, 4) is 5.75 Å². The molecule has 0 radical (unpaired) electrons. The van der Waals surface area contributed by atoms with Gasteiger partial charge in [-0.1, -0.05) is 32.9 Å². The first-order chi connectivity index (χ1) is 14.4. The normalized spacial score (nSPS) is 17.0. The lowest BCUT2D eigenvalue weighted by atomic mass is 9.84. The van der Waals surface area contributed by atoms with Crippen molar-refractivity contribution in [1.82, 2.24) is 10.1 Å². The Balaban J connectivity index is 1.46. The van der Waals surface area contributed by atoms with E-state index in [0.717, 1.165) is 50.5 Å². The average molecular weight is 454 g/mol. The molecule has 0 N–H and O–H groups in total. The zero-order valence-corrected chi connectivity index (χ0v) is 19.7. The predicted octanol–water partition coefficient (Wildman–Crippen LogP) is 4.23. The van der Waals surface area contributed by atoms with Crippen molar-refractivity contribution in [2.75, 3.05) is 30.9 Å². The molecule has 0 amide bonds. The largest absolute Gasteiger partial charge is 0.493 e. The third-order valence-electron chi connectivity index (χ3n) is 5.85. The summed E-state index contributed by atoms with van der Waals surface area (Å²) in [5, 5.41) is 4.11. The summed E-state index contributed by atoms with van der Waals surface area (Å²) < 4.78 is 48.1. The van der Waals surface area contributed by atoms with E-state index in [2.05, 4.69) is 42.7 Å². The Hall–Kier alpha value is -2.16. The van der Waals surface area contributed by atoms with E-state index < -0.39 is 15.7 Å². The lowest BCUT2D eigenvalue weighted by Crippen LogP contribution is -2.36. The maximum Gasteiger partial charge on any atom is 0.324 e. The standard InChI is InChI=1S/C22H32FN3O4S/c1-15(10-13-29-17-6-7-19(18(23)14-17)31(5,27)28)16-8-11-26(12-9-16)21-24-20(25-30-21)22(2,3)4/h6-7,14-16H,8-13H2,1-5H3/t15-/m1/s1. The number of halogens is 1. The van der Waals surface area contributed by atoms with Gasteiger partial charge >= 0.3 is 6.01 Å². The van der Waals surface area contributed by atoms with Crippen molar-refractivity contribution in [2.24, 2.45) is 11.8 Å². The molecule has 1 fully saturated rings. The van der Waals surface area contributed by atoms with Crippen LogP contribution < -0.4 is 9.64 Å². The van der Waals surface area contributed by atoms with Gasteiger partial charge in [0.05, 0.1) is 6.61 Å². The molecule has 3 rings (SSSR count). The smallest absolute Gasteiger partial charge is 0.324 e. The Morgan fingerprint density at radius 1 is 1.29 bits per heavy atom. The minimum atomic E-state index is -3.58. The van der Waals surface area contributed by atoms with Crippen LogP contribution in [0.25, 0.3) is 0 Å². The summed E-state index contributed by atoms with van der Waals surface area (Å²) in [6.07, 6.45) is 3.90. The van der Waals surface area contributed by atoms with Crippen molar-refractivity contribution in [3.63, 3.8) is 0 Å². The molecule has 2 aromatic rings. The first-order valence-corrected chi connectivity index (χ1v) is 12.6. The zero-order chi connectivity index (χ0) is 22.8. The summed E-state index contributed by atoms with van der Waals surface area (Å²) >= 11 is 0. The molecule has 1 aliphatic rings. The predicted molar refractivity (Wildman–Crippen MR) is 117 cm³/mol. The van der Waals surface area contributed by atoms with Gasteiger partial charge in [-0.2, -0.15) is 4.98 Å². The highest BCUT2D eigenvalue weighted by Gasteiger charge is 2.28. The molecule has 9 heteroatoms. The van der Waals surface area contributed by atoms with Gasteiger partial charge < -0.3 is 14.2 Å². The van der Waals surface area contributed by atoms with Crippen molar-refractivity contribution < 1.29 is 22.1 Å². The molecular weight excluding hydrogens is 421 g/mol. The topological polar surface area (TPSA) is 85.5 Å². The van der Waals surface area contributed by atoms with Crippen LogP contribution in [0.15, 0.2) is 27.6 Å². The minimum absolute atomic E-state index is 0.136. The Morgan fingerprint density at radius 2 is 1.97 bits per heavy atom. The molecule has 1 saturated heterocycles. The van der Waals surface area contributed by atoms with Crippen LogP contribution >= 0.6 is 0 Å². The molecule has 0 aliphatic carbocycles. The van der Waals surface area contributed by atoms with Gasteiger partial charge in [0.1, 0.15) is 16.5 Å². The molecule has 1 atom stereocenters. The van der Waals surface area contributed by atoms with Crippen LogP contribution in [-0.4, -0.2) is 44.5 Å². The Kier molecular flexibility index (Phi) is 6.93. The van der Waals surface area contributed by atoms with E-state index in [9.17, 15) is 12.8 Å². The van der Waals surface area contributed by atoms with Gasteiger partial charge in [0.15, 0.2) is 15.7 Å². The molecule has 2 heterocycles. The summed E-state index contributed by atoms with van der Waals surface area (Å²) in [5.74, 6) is 1.30. The van der Waals surface area contributed by atoms with Crippen molar-refractivity contribution in [2.45, 2.75) is 57.3 Å². The first kappa shape index (κ1) is 23.5. The number of hydrogen-bond acceptors (Lipinski definition) is 7. The monoisotopic (exact) mass is 453 g/mol. The summed E-state index contributed by atoms with van der Waals surface area (Å²) in [5.41, 5.74) is -0.136. The maximum atomic E-state index is 14.0. The van der Waals surface area contributed by atoms with Crippen LogP contribution in [-0.2, 0) is 15.3 Å². The molecular formula is C22H32FN3O4S. The number of ether oxygens (including phenoxy) is 1. The van der Waals surface area contributed by atoms with E-state index in [1.54, 1.807) is 0 Å². The second kappa shape index (κ2) is 9.14. The lowest BCUT2D eigenvalue weighted by Gasteiger charge is -2.33. The highest BCUT2D eigenvalue weighted by Crippen LogP contribution is 2.30. The molecule has 0 spiro atoms. The fraction of sp³-hybridized carbons (Fsp3) is 0.636. The van der Waals surface area contributed by atoms with E-state index >= 15 is 0 Å². The summed E-state index contributed by atoms with van der Waals surface area (Å²) in [7, 11) is -3.58. The third kappa shape index (κ3) is 5.96. The maximum absolute atomic E-state index is 14.0. The van der Waals surface area contributed by atoms with Gasteiger partial charge in [-0.05, 0) is 43.2 Å². The van der Waals surface area contributed by atoms with Crippen LogP contribution in [0.4, 0.5) is 10.4 Å². The number of nitrogens with zero attached hydrogens (tertiary/aromatic N) is 3. The number of benzene rings is 1. The summed E-state index contributed by atoms with van der Waals surface area (Å²) in [6, 6.07) is 4.48. The summed E-state index contributed by atoms with van der Waals surface area (Å²) in [4.78, 5) is 6.38. The van der Waals surface area contributed by atoms with Gasteiger partial charge in [-0.25, -0.2) is 12.8 Å². The molecule has 0 saturated carbocycles. The highest BCUT2D eigenvalue weighted by molar-refractivity contribution is 7.90. The number of sulfone groups is 1. The van der Waals surface area contributed by atoms with Crippen LogP contribution in [0, 0.1) is 17.7 Å². The number of aromatic nitrogens is 2. The van der Waals surface area contributed by atoms with E-state index in [-0.39, 0.29) is 10.3 Å². The average Bonchev–Trinajstić information content (AvgIpc) is 3.18. The molecule has 7 nitrogen and oxygen atoms in total. The quantitative estimate of drug-likeness (QED) is 0.620. The van der Waals surface area contributed by atoms with Crippen LogP contribution in [0.1, 0.15) is 52.8 Å². The number of piperidine rings is 1. The first-order valence-electron chi connectivity index (χ1n) is 10.7. The van der Waals surface area contributed by atoms with Crippen molar-refractivity contribution >= 4 is 15.9 Å². The van der Waals surface area contributed by atoms with Crippen LogP contribution in [0.5, 0.6) is 5.75 Å². The molecule has 0 bridgehead atoms. The number of anilines is 1. The molecule has 0 unspecified atom stereocenters. The van der Waals surface area contributed by atoms with Crippen molar-refractivity contribution in [3.05, 3.63) is 29.8 Å². The molecule has 1 aromatic heterocycles. The van der Waals surface area contributed by atoms with Gasteiger partial charge in [0.2, 0.25) is 0 Å². The summed E-state index contributed by atoms with van der Waals surface area (Å²) in [6.45, 7) is 10.6. The van der Waals surface area contributed by atoms with E-state index in [1.165, 1.54) is 12.1 Å². The van der Waals surface area contributed by atoms with Crippen molar-refractivity contribution in [1.29, 1.82) is 0 Å². The fourth-order valence-corrected chi connectivity index (χ4v) is 4.51.